The van der Waals surface area contributed by atoms with Crippen molar-refractivity contribution in [3.63, 3.8) is 0 Å². The molecule has 3 rings (SSSR count). The van der Waals surface area contributed by atoms with Crippen molar-refractivity contribution >= 4 is 11.9 Å². The summed E-state index contributed by atoms with van der Waals surface area (Å²) in [6, 6.07) is 11.4. The Kier molecular flexibility index (Phi) is 5.21. The SMILES string of the molecule is COc1ccccc1CNc1nc(-c2cccnc2)nn1C(=O)C(C)(C)C. The maximum atomic E-state index is 12.8. The van der Waals surface area contributed by atoms with Gasteiger partial charge in [0.25, 0.3) is 5.91 Å². The molecular formula is C20H23N5O2. The molecule has 0 aliphatic heterocycles. The number of pyridine rings is 1. The van der Waals surface area contributed by atoms with Crippen molar-refractivity contribution < 1.29 is 9.53 Å². The normalized spacial score (nSPS) is 11.3. The van der Waals surface area contributed by atoms with Crippen LogP contribution in [0.1, 0.15) is 31.1 Å². The van der Waals surface area contributed by atoms with Gasteiger partial charge in [-0.3, -0.25) is 9.78 Å². The lowest BCUT2D eigenvalue weighted by molar-refractivity contribution is 0.0752. The Labute approximate surface area is 158 Å². The topological polar surface area (TPSA) is 81.9 Å². The Morgan fingerprint density at radius 3 is 2.63 bits per heavy atom. The van der Waals surface area contributed by atoms with Crippen LogP contribution in [0, 0.1) is 5.41 Å². The zero-order valence-corrected chi connectivity index (χ0v) is 15.9. The molecule has 7 nitrogen and oxygen atoms in total. The Morgan fingerprint density at radius 2 is 1.96 bits per heavy atom. The minimum atomic E-state index is -0.596. The second-order valence-corrected chi connectivity index (χ2v) is 7.13. The van der Waals surface area contributed by atoms with Crippen molar-refractivity contribution in [1.82, 2.24) is 19.7 Å². The highest BCUT2D eigenvalue weighted by Crippen LogP contribution is 2.24. The first-order valence-corrected chi connectivity index (χ1v) is 8.68. The lowest BCUT2D eigenvalue weighted by Gasteiger charge is -2.17. The van der Waals surface area contributed by atoms with Crippen LogP contribution in [0.15, 0.2) is 48.8 Å². The lowest BCUT2D eigenvalue weighted by Crippen LogP contribution is -2.29. The largest absolute Gasteiger partial charge is 0.496 e. The van der Waals surface area contributed by atoms with Crippen molar-refractivity contribution in [3.8, 4) is 17.1 Å². The summed E-state index contributed by atoms with van der Waals surface area (Å²) in [5.41, 5.74) is 1.11. The van der Waals surface area contributed by atoms with Gasteiger partial charge < -0.3 is 10.1 Å². The number of nitrogens with one attached hydrogen (secondary N) is 1. The van der Waals surface area contributed by atoms with Crippen LogP contribution in [0.2, 0.25) is 0 Å². The first kappa shape index (κ1) is 18.6. The monoisotopic (exact) mass is 365 g/mol. The van der Waals surface area contributed by atoms with Gasteiger partial charge in [-0.15, -0.1) is 5.10 Å². The molecular weight excluding hydrogens is 342 g/mol. The van der Waals surface area contributed by atoms with Gasteiger partial charge in [-0.05, 0) is 18.2 Å². The van der Waals surface area contributed by atoms with Gasteiger partial charge in [0.1, 0.15) is 5.75 Å². The van der Waals surface area contributed by atoms with E-state index in [0.29, 0.717) is 18.3 Å². The fourth-order valence-electron chi connectivity index (χ4n) is 2.53. The number of rotatable bonds is 5. The second kappa shape index (κ2) is 7.57. The molecule has 0 unspecified atom stereocenters. The average Bonchev–Trinajstić information content (AvgIpc) is 3.10. The third-order valence-corrected chi connectivity index (χ3v) is 3.99. The van der Waals surface area contributed by atoms with Crippen molar-refractivity contribution in [2.75, 3.05) is 12.4 Å². The standard InChI is InChI=1S/C20H23N5O2/c1-20(2,3)18(26)25-19(22-13-14-8-5-6-10-16(14)27-4)23-17(24-25)15-9-7-11-21-12-15/h5-12H,13H2,1-4H3,(H,22,23,24). The van der Waals surface area contributed by atoms with Crippen LogP contribution in [0.4, 0.5) is 5.95 Å². The van der Waals surface area contributed by atoms with E-state index in [2.05, 4.69) is 20.4 Å². The van der Waals surface area contributed by atoms with Crippen LogP contribution in [-0.2, 0) is 6.54 Å². The lowest BCUT2D eigenvalue weighted by atomic mass is 9.96. The molecule has 0 saturated heterocycles. The minimum absolute atomic E-state index is 0.146. The number of para-hydroxylation sites is 1. The van der Waals surface area contributed by atoms with E-state index in [0.717, 1.165) is 16.9 Å². The van der Waals surface area contributed by atoms with Crippen molar-refractivity contribution in [3.05, 3.63) is 54.4 Å². The molecule has 1 N–H and O–H groups in total. The summed E-state index contributed by atoms with van der Waals surface area (Å²) in [7, 11) is 1.63. The van der Waals surface area contributed by atoms with E-state index >= 15 is 0 Å². The molecule has 0 saturated carbocycles. The third-order valence-electron chi connectivity index (χ3n) is 3.99. The van der Waals surface area contributed by atoms with Gasteiger partial charge in [-0.2, -0.15) is 9.67 Å². The Hall–Kier alpha value is -3.22. The van der Waals surface area contributed by atoms with Crippen LogP contribution >= 0.6 is 0 Å². The summed E-state index contributed by atoms with van der Waals surface area (Å²) >= 11 is 0. The fraction of sp³-hybridized carbons (Fsp3) is 0.300. The zero-order valence-electron chi connectivity index (χ0n) is 15.9. The molecule has 0 atom stereocenters. The van der Waals surface area contributed by atoms with Crippen LogP contribution in [0.3, 0.4) is 0 Å². The summed E-state index contributed by atoms with van der Waals surface area (Å²) in [5.74, 6) is 1.46. The molecule has 2 heterocycles. The van der Waals surface area contributed by atoms with Crippen LogP contribution in [0.25, 0.3) is 11.4 Å². The highest BCUT2D eigenvalue weighted by Gasteiger charge is 2.28. The smallest absolute Gasteiger partial charge is 0.255 e. The molecule has 0 amide bonds. The molecule has 0 aliphatic rings. The summed E-state index contributed by atoms with van der Waals surface area (Å²) < 4.78 is 6.71. The Balaban J connectivity index is 1.95. The number of hydrogen-bond acceptors (Lipinski definition) is 6. The van der Waals surface area contributed by atoms with E-state index in [1.807, 2.05) is 57.2 Å². The van der Waals surface area contributed by atoms with Crippen molar-refractivity contribution in [2.45, 2.75) is 27.3 Å². The van der Waals surface area contributed by atoms with Gasteiger partial charge >= 0.3 is 0 Å². The molecule has 1 aromatic carbocycles. The highest BCUT2D eigenvalue weighted by molar-refractivity contribution is 5.86. The molecule has 0 bridgehead atoms. The number of hydrogen-bond donors (Lipinski definition) is 1. The van der Waals surface area contributed by atoms with Crippen molar-refractivity contribution in [2.24, 2.45) is 5.41 Å². The fourth-order valence-corrected chi connectivity index (χ4v) is 2.53. The summed E-state index contributed by atoms with van der Waals surface area (Å²) in [6.45, 7) is 6.01. The molecule has 0 spiro atoms. The molecule has 0 aliphatic carbocycles. The predicted octanol–water partition coefficient (Wildman–Crippen LogP) is 3.65. The molecule has 7 heteroatoms. The quantitative estimate of drug-likeness (QED) is 0.743. The van der Waals surface area contributed by atoms with Gasteiger partial charge in [-0.25, -0.2) is 0 Å². The van der Waals surface area contributed by atoms with E-state index in [-0.39, 0.29) is 5.91 Å². The number of ether oxygens (including phenoxy) is 1. The van der Waals surface area contributed by atoms with Gasteiger partial charge in [0.2, 0.25) is 5.95 Å². The number of aromatic nitrogens is 4. The molecule has 140 valence electrons. The minimum Gasteiger partial charge on any atom is -0.496 e. The summed E-state index contributed by atoms with van der Waals surface area (Å²) in [6.07, 6.45) is 3.35. The Bertz CT molecular complexity index is 929. The number of anilines is 1. The number of nitrogens with zero attached hydrogens (tertiary/aromatic N) is 4. The Morgan fingerprint density at radius 1 is 1.19 bits per heavy atom. The molecule has 0 radical (unpaired) electrons. The number of carbonyl (C=O) groups excluding carboxylic acids is 1. The maximum absolute atomic E-state index is 12.8. The zero-order chi connectivity index (χ0) is 19.4. The predicted molar refractivity (Wildman–Crippen MR) is 104 cm³/mol. The molecule has 0 fully saturated rings. The number of benzene rings is 1. The average molecular weight is 365 g/mol. The van der Waals surface area contributed by atoms with Gasteiger partial charge in [0.05, 0.1) is 7.11 Å². The summed E-state index contributed by atoms with van der Waals surface area (Å²) in [5, 5.41) is 7.64. The van der Waals surface area contributed by atoms with Gasteiger partial charge in [0.15, 0.2) is 5.82 Å². The maximum Gasteiger partial charge on any atom is 0.255 e. The van der Waals surface area contributed by atoms with E-state index in [9.17, 15) is 4.79 Å². The van der Waals surface area contributed by atoms with Crippen LogP contribution in [-0.4, -0.2) is 32.8 Å². The highest BCUT2D eigenvalue weighted by atomic mass is 16.5. The first-order chi connectivity index (χ1) is 12.9. The van der Waals surface area contributed by atoms with Gasteiger partial charge in [0, 0.05) is 35.5 Å². The van der Waals surface area contributed by atoms with E-state index < -0.39 is 5.41 Å². The number of methoxy groups -OCH3 is 1. The molecule has 27 heavy (non-hydrogen) atoms. The molecule has 2 aromatic heterocycles. The van der Waals surface area contributed by atoms with Crippen molar-refractivity contribution in [1.29, 1.82) is 0 Å². The first-order valence-electron chi connectivity index (χ1n) is 8.68. The van der Waals surface area contributed by atoms with Crippen LogP contribution < -0.4 is 10.1 Å². The molecule has 3 aromatic rings. The van der Waals surface area contributed by atoms with Gasteiger partial charge in [-0.1, -0.05) is 39.0 Å². The number of carbonyl (C=O) groups is 1. The van der Waals surface area contributed by atoms with E-state index in [1.54, 1.807) is 19.5 Å². The van der Waals surface area contributed by atoms with Crippen LogP contribution in [0.5, 0.6) is 5.75 Å². The summed E-state index contributed by atoms with van der Waals surface area (Å²) in [4.78, 5) is 21.5. The third kappa shape index (κ3) is 4.13. The van der Waals surface area contributed by atoms with E-state index in [4.69, 9.17) is 4.74 Å². The second-order valence-electron chi connectivity index (χ2n) is 7.13. The van der Waals surface area contributed by atoms with E-state index in [1.165, 1.54) is 4.68 Å².